The van der Waals surface area contributed by atoms with E-state index < -0.39 is 5.60 Å². The Labute approximate surface area is 121 Å². The van der Waals surface area contributed by atoms with Crippen molar-refractivity contribution in [2.45, 2.75) is 38.8 Å². The van der Waals surface area contributed by atoms with Gasteiger partial charge in [-0.3, -0.25) is 14.1 Å². The van der Waals surface area contributed by atoms with Gasteiger partial charge in [-0.2, -0.15) is 0 Å². The van der Waals surface area contributed by atoms with Gasteiger partial charge in [-0.05, 0) is 33.2 Å². The van der Waals surface area contributed by atoms with Crippen LogP contribution in [-0.2, 0) is 6.54 Å². The Bertz CT molecular complexity index is 689. The van der Waals surface area contributed by atoms with E-state index in [1.54, 1.807) is 10.5 Å². The van der Waals surface area contributed by atoms with Crippen LogP contribution in [0.1, 0.15) is 31.2 Å². The predicted octanol–water partition coefficient (Wildman–Crippen LogP) is 1.41. The molecule has 1 aliphatic rings. The Balaban J connectivity index is 1.86. The molecule has 0 spiro atoms. The van der Waals surface area contributed by atoms with Gasteiger partial charge < -0.3 is 5.11 Å². The fourth-order valence-corrected chi connectivity index (χ4v) is 3.76. The van der Waals surface area contributed by atoms with E-state index in [9.17, 15) is 9.90 Å². The van der Waals surface area contributed by atoms with Crippen molar-refractivity contribution >= 4 is 16.3 Å². The molecule has 1 N–H and O–H groups in total. The van der Waals surface area contributed by atoms with Gasteiger partial charge in [0.2, 0.25) is 0 Å². The van der Waals surface area contributed by atoms with E-state index in [2.05, 4.69) is 9.88 Å². The molecule has 0 amide bonds. The van der Waals surface area contributed by atoms with Gasteiger partial charge in [0.15, 0.2) is 4.96 Å². The van der Waals surface area contributed by atoms with Crippen LogP contribution in [-0.4, -0.2) is 38.1 Å². The Hall–Kier alpha value is -1.24. The molecule has 2 aromatic heterocycles. The maximum absolute atomic E-state index is 12.1. The fourth-order valence-electron chi connectivity index (χ4n) is 2.87. The number of aryl methyl sites for hydroxylation is 1. The van der Waals surface area contributed by atoms with Gasteiger partial charge in [0.25, 0.3) is 5.56 Å². The highest BCUT2D eigenvalue weighted by atomic mass is 32.1. The fraction of sp³-hybridized carbons (Fsp3) is 0.571. The Morgan fingerprint density at radius 2 is 2.35 bits per heavy atom. The first kappa shape index (κ1) is 13.7. The SMILES string of the molecule is Cc1csc2nc(CN3CCCC(C)(O)C3)cc(=O)n12. The molecular formula is C14H19N3O2S. The van der Waals surface area contributed by atoms with E-state index in [4.69, 9.17) is 0 Å². The van der Waals surface area contributed by atoms with Gasteiger partial charge in [0.1, 0.15) is 0 Å². The second kappa shape index (κ2) is 4.95. The molecule has 6 heteroatoms. The molecule has 0 aliphatic carbocycles. The first-order valence-electron chi connectivity index (χ1n) is 6.86. The summed E-state index contributed by atoms with van der Waals surface area (Å²) in [4.78, 5) is 19.6. The summed E-state index contributed by atoms with van der Waals surface area (Å²) in [5, 5.41) is 12.1. The molecule has 1 fully saturated rings. The van der Waals surface area contributed by atoms with Crippen molar-refractivity contribution in [3.63, 3.8) is 0 Å². The third kappa shape index (κ3) is 2.63. The van der Waals surface area contributed by atoms with Crippen LogP contribution < -0.4 is 5.56 Å². The standard InChI is InChI=1S/C14H19N3O2S/c1-10-8-20-13-15-11(6-12(18)17(10)13)7-16-5-3-4-14(2,19)9-16/h6,8,19H,3-5,7,9H2,1-2H3. The number of aliphatic hydroxyl groups is 1. The van der Waals surface area contributed by atoms with Gasteiger partial charge in [0, 0.05) is 30.2 Å². The van der Waals surface area contributed by atoms with Crippen molar-refractivity contribution in [3.05, 3.63) is 33.2 Å². The summed E-state index contributed by atoms with van der Waals surface area (Å²) in [6.45, 7) is 5.98. The predicted molar refractivity (Wildman–Crippen MR) is 79.2 cm³/mol. The van der Waals surface area contributed by atoms with E-state index in [-0.39, 0.29) is 5.56 Å². The molecule has 0 aromatic carbocycles. The molecular weight excluding hydrogens is 274 g/mol. The smallest absolute Gasteiger partial charge is 0.259 e. The van der Waals surface area contributed by atoms with Crippen LogP contribution in [0.5, 0.6) is 0 Å². The highest BCUT2D eigenvalue weighted by molar-refractivity contribution is 7.15. The van der Waals surface area contributed by atoms with Crippen LogP contribution in [0.4, 0.5) is 0 Å². The second-order valence-electron chi connectivity index (χ2n) is 5.89. The monoisotopic (exact) mass is 293 g/mol. The van der Waals surface area contributed by atoms with Gasteiger partial charge in [-0.25, -0.2) is 4.98 Å². The largest absolute Gasteiger partial charge is 0.389 e. The molecule has 0 radical (unpaired) electrons. The zero-order chi connectivity index (χ0) is 14.3. The second-order valence-corrected chi connectivity index (χ2v) is 6.73. The molecule has 1 atom stereocenters. The highest BCUT2D eigenvalue weighted by Crippen LogP contribution is 2.21. The van der Waals surface area contributed by atoms with Crippen LogP contribution in [0, 0.1) is 6.92 Å². The van der Waals surface area contributed by atoms with Crippen LogP contribution in [0.3, 0.4) is 0 Å². The van der Waals surface area contributed by atoms with Gasteiger partial charge in [-0.15, -0.1) is 11.3 Å². The Kier molecular flexibility index (Phi) is 3.40. The zero-order valence-corrected chi connectivity index (χ0v) is 12.6. The van der Waals surface area contributed by atoms with E-state index in [1.807, 2.05) is 19.2 Å². The maximum atomic E-state index is 12.1. The lowest BCUT2D eigenvalue weighted by molar-refractivity contribution is -0.0184. The average Bonchev–Trinajstić information content (AvgIpc) is 2.70. The number of β-amino-alcohol motifs (C(OH)–C–C–N with tert-alkyl or cyclic N) is 1. The quantitative estimate of drug-likeness (QED) is 0.909. The third-order valence-corrected chi connectivity index (χ3v) is 4.71. The van der Waals surface area contributed by atoms with E-state index in [1.165, 1.54) is 11.3 Å². The molecule has 1 aliphatic heterocycles. The lowest BCUT2D eigenvalue weighted by Crippen LogP contribution is -2.45. The third-order valence-electron chi connectivity index (χ3n) is 3.77. The molecule has 5 nitrogen and oxygen atoms in total. The molecule has 3 rings (SSSR count). The zero-order valence-electron chi connectivity index (χ0n) is 11.8. The Morgan fingerprint density at radius 1 is 1.55 bits per heavy atom. The van der Waals surface area contributed by atoms with Gasteiger partial charge in [0.05, 0.1) is 11.3 Å². The highest BCUT2D eigenvalue weighted by Gasteiger charge is 2.28. The number of hydrogen-bond acceptors (Lipinski definition) is 5. The van der Waals surface area contributed by atoms with Crippen molar-refractivity contribution < 1.29 is 5.11 Å². The molecule has 1 saturated heterocycles. The lowest BCUT2D eigenvalue weighted by atomic mass is 9.95. The van der Waals surface area contributed by atoms with Crippen LogP contribution >= 0.6 is 11.3 Å². The molecule has 0 bridgehead atoms. The van der Waals surface area contributed by atoms with E-state index >= 15 is 0 Å². The van der Waals surface area contributed by atoms with Crippen LogP contribution in [0.15, 0.2) is 16.2 Å². The van der Waals surface area contributed by atoms with E-state index in [0.717, 1.165) is 35.7 Å². The number of nitrogens with zero attached hydrogens (tertiary/aromatic N) is 3. The first-order valence-corrected chi connectivity index (χ1v) is 7.74. The minimum absolute atomic E-state index is 0.0208. The summed E-state index contributed by atoms with van der Waals surface area (Å²) in [7, 11) is 0. The maximum Gasteiger partial charge on any atom is 0.259 e. The van der Waals surface area contributed by atoms with Crippen molar-refractivity contribution in [3.8, 4) is 0 Å². The van der Waals surface area contributed by atoms with Crippen molar-refractivity contribution in [2.24, 2.45) is 0 Å². The summed E-state index contributed by atoms with van der Waals surface area (Å²) in [5.74, 6) is 0. The number of fused-ring (bicyclic) bond motifs is 1. The molecule has 108 valence electrons. The number of piperidine rings is 1. The van der Waals surface area contributed by atoms with Gasteiger partial charge >= 0.3 is 0 Å². The normalized spacial score (nSPS) is 24.4. The topological polar surface area (TPSA) is 57.8 Å². The minimum atomic E-state index is -0.628. The Morgan fingerprint density at radius 3 is 3.10 bits per heavy atom. The summed E-state index contributed by atoms with van der Waals surface area (Å²) >= 11 is 1.49. The first-order chi connectivity index (χ1) is 9.44. The molecule has 3 heterocycles. The van der Waals surface area contributed by atoms with Crippen LogP contribution in [0.25, 0.3) is 4.96 Å². The summed E-state index contributed by atoms with van der Waals surface area (Å²) in [5.41, 5.74) is 1.06. The molecule has 20 heavy (non-hydrogen) atoms. The van der Waals surface area contributed by atoms with E-state index in [0.29, 0.717) is 13.1 Å². The molecule has 0 saturated carbocycles. The molecule has 1 unspecified atom stereocenters. The summed E-state index contributed by atoms with van der Waals surface area (Å²) in [6.07, 6.45) is 1.81. The summed E-state index contributed by atoms with van der Waals surface area (Å²) < 4.78 is 1.64. The molecule has 2 aromatic rings. The van der Waals surface area contributed by atoms with Crippen molar-refractivity contribution in [2.75, 3.05) is 13.1 Å². The number of likely N-dealkylation sites (tertiary alicyclic amines) is 1. The number of rotatable bonds is 2. The number of thiazole rings is 1. The number of hydrogen-bond donors (Lipinski definition) is 1. The summed E-state index contributed by atoms with van der Waals surface area (Å²) in [6, 6.07) is 1.61. The number of aromatic nitrogens is 2. The lowest BCUT2D eigenvalue weighted by Gasteiger charge is -2.36. The minimum Gasteiger partial charge on any atom is -0.389 e. The van der Waals surface area contributed by atoms with Crippen LogP contribution in [0.2, 0.25) is 0 Å². The van der Waals surface area contributed by atoms with Gasteiger partial charge in [-0.1, -0.05) is 0 Å². The van der Waals surface area contributed by atoms with Crippen molar-refractivity contribution in [1.82, 2.24) is 14.3 Å². The average molecular weight is 293 g/mol. The van der Waals surface area contributed by atoms with Crippen molar-refractivity contribution in [1.29, 1.82) is 0 Å².